The van der Waals surface area contributed by atoms with E-state index in [0.717, 1.165) is 0 Å². The number of sulfonamides is 1. The maximum absolute atomic E-state index is 13.2. The van der Waals surface area contributed by atoms with Crippen molar-refractivity contribution < 1.29 is 26.9 Å². The van der Waals surface area contributed by atoms with Gasteiger partial charge in [0.25, 0.3) is 10.0 Å². The highest BCUT2D eigenvalue weighted by Crippen LogP contribution is 2.34. The zero-order valence-corrected chi connectivity index (χ0v) is 18.3. The van der Waals surface area contributed by atoms with E-state index in [9.17, 15) is 13.2 Å². The van der Waals surface area contributed by atoms with Gasteiger partial charge in [0.1, 0.15) is 6.26 Å². The first-order chi connectivity index (χ1) is 15.3. The van der Waals surface area contributed by atoms with Gasteiger partial charge in [-0.15, -0.1) is 0 Å². The third kappa shape index (κ3) is 3.87. The van der Waals surface area contributed by atoms with Gasteiger partial charge in [0, 0.05) is 16.7 Å². The number of anilines is 1. The number of esters is 1. The van der Waals surface area contributed by atoms with Gasteiger partial charge in [-0.1, -0.05) is 29.4 Å². The van der Waals surface area contributed by atoms with E-state index in [1.807, 2.05) is 0 Å². The number of carbonyl (C=O) groups is 1. The number of nitrogens with zero attached hydrogens (tertiary/aromatic N) is 2. The van der Waals surface area contributed by atoms with Crippen LogP contribution in [-0.2, 0) is 14.8 Å². The molecule has 0 radical (unpaired) electrons. The van der Waals surface area contributed by atoms with Gasteiger partial charge in [-0.25, -0.2) is 22.9 Å². The molecule has 2 aromatic heterocycles. The zero-order chi connectivity index (χ0) is 22.9. The highest BCUT2D eigenvalue weighted by molar-refractivity contribution is 7.92. The van der Waals surface area contributed by atoms with Crippen LogP contribution in [0.2, 0.25) is 0 Å². The first-order valence-electron chi connectivity index (χ1n) is 9.49. The van der Waals surface area contributed by atoms with Crippen molar-refractivity contribution in [1.29, 1.82) is 0 Å². The van der Waals surface area contributed by atoms with Crippen LogP contribution in [0, 0.1) is 13.8 Å². The summed E-state index contributed by atoms with van der Waals surface area (Å²) in [7, 11) is -2.82. The summed E-state index contributed by atoms with van der Waals surface area (Å²) in [5, 5.41) is 3.78. The van der Waals surface area contributed by atoms with Crippen molar-refractivity contribution >= 4 is 21.9 Å². The predicted molar refractivity (Wildman–Crippen MR) is 116 cm³/mol. The number of hydrogen-bond acceptors (Lipinski definition) is 8. The van der Waals surface area contributed by atoms with E-state index in [-0.39, 0.29) is 16.3 Å². The zero-order valence-electron chi connectivity index (χ0n) is 17.4. The van der Waals surface area contributed by atoms with E-state index < -0.39 is 16.0 Å². The molecule has 9 nitrogen and oxygen atoms in total. The van der Waals surface area contributed by atoms with Gasteiger partial charge in [0.15, 0.2) is 0 Å². The van der Waals surface area contributed by atoms with E-state index in [2.05, 4.69) is 14.9 Å². The Morgan fingerprint density at radius 2 is 1.88 bits per heavy atom. The molecule has 4 aromatic rings. The number of aryl methyl sites for hydroxylation is 1. The van der Waals surface area contributed by atoms with Crippen molar-refractivity contribution in [3.05, 3.63) is 71.7 Å². The summed E-state index contributed by atoms with van der Waals surface area (Å²) in [6, 6.07) is 11.2. The molecule has 0 spiro atoms. The van der Waals surface area contributed by atoms with Gasteiger partial charge >= 0.3 is 5.97 Å². The van der Waals surface area contributed by atoms with Crippen molar-refractivity contribution in [3.63, 3.8) is 0 Å². The first kappa shape index (κ1) is 21.3. The van der Waals surface area contributed by atoms with Crippen LogP contribution in [0.3, 0.4) is 0 Å². The highest BCUT2D eigenvalue weighted by atomic mass is 32.2. The van der Waals surface area contributed by atoms with Crippen LogP contribution in [0.5, 0.6) is 0 Å². The van der Waals surface area contributed by atoms with Crippen LogP contribution in [0.4, 0.5) is 5.88 Å². The Morgan fingerprint density at radius 1 is 1.09 bits per heavy atom. The molecule has 32 heavy (non-hydrogen) atoms. The Bertz CT molecular complexity index is 1390. The molecule has 0 saturated carbocycles. The summed E-state index contributed by atoms with van der Waals surface area (Å²) in [5.41, 5.74) is 2.55. The van der Waals surface area contributed by atoms with E-state index in [1.54, 1.807) is 50.2 Å². The Kier molecular flexibility index (Phi) is 5.54. The molecule has 10 heteroatoms. The molecule has 4 rings (SSSR count). The van der Waals surface area contributed by atoms with E-state index in [0.29, 0.717) is 33.8 Å². The summed E-state index contributed by atoms with van der Waals surface area (Å²) in [6.07, 6.45) is 2.91. The van der Waals surface area contributed by atoms with Gasteiger partial charge in [-0.3, -0.25) is 0 Å². The average Bonchev–Trinajstić information content (AvgIpc) is 3.44. The summed E-state index contributed by atoms with van der Waals surface area (Å²) >= 11 is 0. The largest absolute Gasteiger partial charge is 0.465 e. The fourth-order valence-corrected chi connectivity index (χ4v) is 4.44. The number of ether oxygens (including phenoxy) is 1. The third-order valence-corrected chi connectivity index (χ3v) is 6.34. The fourth-order valence-electron chi connectivity index (χ4n) is 3.17. The van der Waals surface area contributed by atoms with Gasteiger partial charge in [0.05, 0.1) is 29.5 Å². The molecule has 0 unspecified atom stereocenters. The van der Waals surface area contributed by atoms with Crippen molar-refractivity contribution in [2.45, 2.75) is 18.7 Å². The molecule has 0 aliphatic carbocycles. The SMILES string of the molecule is COC(=O)c1cc(-c2ncco2)ccc1-c1ccccc1S(=O)(=O)Nc1onc(C)c1C. The number of oxazole rings is 1. The molecule has 0 saturated heterocycles. The second-order valence-corrected chi connectivity index (χ2v) is 8.56. The lowest BCUT2D eigenvalue weighted by molar-refractivity contribution is 0.0601. The molecule has 164 valence electrons. The molecule has 0 amide bonds. The monoisotopic (exact) mass is 453 g/mol. The Morgan fingerprint density at radius 3 is 2.53 bits per heavy atom. The molecule has 0 atom stereocenters. The Hall–Kier alpha value is -3.92. The van der Waals surface area contributed by atoms with Crippen LogP contribution >= 0.6 is 0 Å². The fraction of sp³-hybridized carbons (Fsp3) is 0.136. The summed E-state index contributed by atoms with van der Waals surface area (Å²) < 4.78 is 44.2. The van der Waals surface area contributed by atoms with Crippen molar-refractivity contribution in [2.75, 3.05) is 11.8 Å². The summed E-state index contributed by atoms with van der Waals surface area (Å²) in [6.45, 7) is 3.41. The van der Waals surface area contributed by atoms with E-state index in [1.165, 1.54) is 25.6 Å². The van der Waals surface area contributed by atoms with Crippen LogP contribution < -0.4 is 4.72 Å². The van der Waals surface area contributed by atoms with Gasteiger partial charge in [-0.05, 0) is 37.6 Å². The number of carbonyl (C=O) groups excluding carboxylic acids is 1. The van der Waals surface area contributed by atoms with E-state index >= 15 is 0 Å². The second-order valence-electron chi connectivity index (χ2n) is 6.91. The number of methoxy groups -OCH3 is 1. The molecular formula is C22H19N3O6S. The first-order valence-corrected chi connectivity index (χ1v) is 11.0. The maximum Gasteiger partial charge on any atom is 0.338 e. The van der Waals surface area contributed by atoms with Crippen molar-refractivity contribution in [2.24, 2.45) is 0 Å². The molecule has 0 fully saturated rings. The van der Waals surface area contributed by atoms with Crippen LogP contribution in [0.25, 0.3) is 22.6 Å². The number of benzene rings is 2. The number of rotatable bonds is 6. The minimum atomic E-state index is -4.07. The second kappa shape index (κ2) is 8.31. The summed E-state index contributed by atoms with van der Waals surface area (Å²) in [5.74, 6) is -0.277. The molecular weight excluding hydrogens is 434 g/mol. The van der Waals surface area contributed by atoms with Crippen LogP contribution in [0.15, 0.2) is 68.8 Å². The van der Waals surface area contributed by atoms with Gasteiger partial charge in [0.2, 0.25) is 11.8 Å². The topological polar surface area (TPSA) is 125 Å². The van der Waals surface area contributed by atoms with Crippen molar-refractivity contribution in [1.82, 2.24) is 10.1 Å². The van der Waals surface area contributed by atoms with Crippen LogP contribution in [0.1, 0.15) is 21.6 Å². The average molecular weight is 453 g/mol. The Labute approximate surface area is 184 Å². The third-order valence-electron chi connectivity index (χ3n) is 4.96. The standard InChI is InChI=1S/C22H19N3O6S/c1-13-14(2)24-31-20(13)25-32(27,28)19-7-5-4-6-17(19)16-9-8-15(21-23-10-11-30-21)12-18(16)22(26)29-3/h4-12,25H,1-3H3. The molecule has 1 N–H and O–H groups in total. The number of aromatic nitrogens is 2. The minimum Gasteiger partial charge on any atom is -0.465 e. The van der Waals surface area contributed by atoms with Crippen molar-refractivity contribution in [3.8, 4) is 22.6 Å². The quantitative estimate of drug-likeness (QED) is 0.431. The van der Waals surface area contributed by atoms with Gasteiger partial charge < -0.3 is 13.7 Å². The lowest BCUT2D eigenvalue weighted by Gasteiger charge is -2.14. The molecule has 0 aliphatic rings. The molecule has 0 bridgehead atoms. The smallest absolute Gasteiger partial charge is 0.338 e. The maximum atomic E-state index is 13.2. The number of nitrogens with one attached hydrogen (secondary N) is 1. The minimum absolute atomic E-state index is 0.0322. The predicted octanol–water partition coefficient (Wildman–Crippen LogP) is 4.20. The summed E-state index contributed by atoms with van der Waals surface area (Å²) in [4.78, 5) is 16.6. The lowest BCUT2D eigenvalue weighted by atomic mass is 9.97. The van der Waals surface area contributed by atoms with E-state index in [4.69, 9.17) is 13.7 Å². The number of hydrogen-bond donors (Lipinski definition) is 1. The normalized spacial score (nSPS) is 11.3. The molecule has 0 aliphatic heterocycles. The molecule has 2 heterocycles. The van der Waals surface area contributed by atoms with Gasteiger partial charge in [-0.2, -0.15) is 0 Å². The highest BCUT2D eigenvalue weighted by Gasteiger charge is 2.25. The lowest BCUT2D eigenvalue weighted by Crippen LogP contribution is -2.15. The molecule has 2 aromatic carbocycles. The Balaban J connectivity index is 1.85. The van der Waals surface area contributed by atoms with Crippen LogP contribution in [-0.4, -0.2) is 31.6 Å².